The molecule has 0 unspecified atom stereocenters. The molecule has 0 aliphatic carbocycles. The molecule has 3 saturated heterocycles. The third kappa shape index (κ3) is 1.56. The number of likely N-dealkylation sites (N-methyl/N-ethyl adjacent to an activating group) is 1. The van der Waals surface area contributed by atoms with Crippen molar-refractivity contribution in [2.24, 2.45) is 0 Å². The van der Waals surface area contributed by atoms with Crippen LogP contribution in [0.1, 0.15) is 32.6 Å². The van der Waals surface area contributed by atoms with Gasteiger partial charge in [-0.2, -0.15) is 0 Å². The molecule has 3 aliphatic rings. The number of thioether (sulfide) groups is 1. The normalized spacial score (nSPS) is 40.6. The zero-order valence-corrected chi connectivity index (χ0v) is 11.8. The number of nitrogens with zero attached hydrogens (tertiary/aromatic N) is 2. The molecule has 4 nitrogen and oxygen atoms in total. The summed E-state index contributed by atoms with van der Waals surface area (Å²) >= 11 is 1.78. The standard InChI is InChI=1S/C13H20N2O2S/c1-9(16)10-8-18-11-4-6-13(12(17)15(10)11)5-3-7-14(13)2/h10-11H,3-8H2,1-2H3/t10-,11-,13-/m1/s1. The van der Waals surface area contributed by atoms with Crippen LogP contribution < -0.4 is 0 Å². The molecule has 3 aliphatic heterocycles. The fraction of sp³-hybridized carbons (Fsp3) is 0.846. The first-order valence-electron chi connectivity index (χ1n) is 6.72. The highest BCUT2D eigenvalue weighted by molar-refractivity contribution is 8.00. The predicted octanol–water partition coefficient (Wildman–Crippen LogP) is 1.10. The lowest BCUT2D eigenvalue weighted by molar-refractivity contribution is -0.152. The quantitative estimate of drug-likeness (QED) is 0.714. The van der Waals surface area contributed by atoms with E-state index in [0.29, 0.717) is 0 Å². The first-order chi connectivity index (χ1) is 8.56. The Morgan fingerprint density at radius 1 is 1.44 bits per heavy atom. The number of fused-ring (bicyclic) bond motifs is 1. The number of carbonyl (C=O) groups excluding carboxylic acids is 2. The Kier molecular flexibility index (Phi) is 2.94. The number of hydrogen-bond acceptors (Lipinski definition) is 4. The first-order valence-corrected chi connectivity index (χ1v) is 7.77. The fourth-order valence-electron chi connectivity index (χ4n) is 3.68. The molecule has 0 aromatic carbocycles. The van der Waals surface area contributed by atoms with E-state index in [9.17, 15) is 9.59 Å². The number of rotatable bonds is 1. The SMILES string of the molecule is CC(=O)[C@H]1CS[C@@H]2CC[C@]3(CCCN3C)C(=O)N12. The number of ketones is 1. The highest BCUT2D eigenvalue weighted by atomic mass is 32.2. The zero-order chi connectivity index (χ0) is 12.9. The Morgan fingerprint density at radius 2 is 2.22 bits per heavy atom. The minimum absolute atomic E-state index is 0.135. The first kappa shape index (κ1) is 12.5. The number of carbonyl (C=O) groups is 2. The van der Waals surface area contributed by atoms with E-state index >= 15 is 0 Å². The molecule has 3 rings (SSSR count). The van der Waals surface area contributed by atoms with Crippen molar-refractivity contribution in [1.29, 1.82) is 0 Å². The van der Waals surface area contributed by atoms with Crippen molar-refractivity contribution in [3.05, 3.63) is 0 Å². The van der Waals surface area contributed by atoms with Crippen LogP contribution in [0.25, 0.3) is 0 Å². The van der Waals surface area contributed by atoms with Gasteiger partial charge in [0.05, 0.1) is 5.37 Å². The van der Waals surface area contributed by atoms with Gasteiger partial charge in [-0.3, -0.25) is 14.5 Å². The van der Waals surface area contributed by atoms with Crippen molar-refractivity contribution >= 4 is 23.5 Å². The van der Waals surface area contributed by atoms with Crippen LogP contribution in [0.15, 0.2) is 0 Å². The fourth-order valence-corrected chi connectivity index (χ4v) is 5.17. The highest BCUT2D eigenvalue weighted by Gasteiger charge is 2.55. The predicted molar refractivity (Wildman–Crippen MR) is 71.4 cm³/mol. The summed E-state index contributed by atoms with van der Waals surface area (Å²) in [5, 5.41) is 0.242. The van der Waals surface area contributed by atoms with Gasteiger partial charge in [0.15, 0.2) is 5.78 Å². The maximum atomic E-state index is 12.9. The molecule has 1 spiro atoms. The maximum absolute atomic E-state index is 12.9. The van der Waals surface area contributed by atoms with E-state index in [2.05, 4.69) is 11.9 Å². The summed E-state index contributed by atoms with van der Waals surface area (Å²) in [5.74, 6) is 1.13. The smallest absolute Gasteiger partial charge is 0.244 e. The topological polar surface area (TPSA) is 40.6 Å². The third-order valence-electron chi connectivity index (χ3n) is 4.81. The molecule has 0 N–H and O–H groups in total. The number of likely N-dealkylation sites (tertiary alicyclic amines) is 1. The monoisotopic (exact) mass is 268 g/mol. The van der Waals surface area contributed by atoms with Crippen LogP contribution in [0.3, 0.4) is 0 Å². The van der Waals surface area contributed by atoms with Crippen LogP contribution in [-0.4, -0.2) is 57.8 Å². The van der Waals surface area contributed by atoms with Gasteiger partial charge in [-0.05, 0) is 46.2 Å². The molecule has 3 fully saturated rings. The van der Waals surface area contributed by atoms with Crippen LogP contribution in [0, 0.1) is 0 Å². The molecule has 0 bridgehead atoms. The van der Waals surface area contributed by atoms with Crippen LogP contribution in [0.5, 0.6) is 0 Å². The molecular formula is C13H20N2O2S. The summed E-state index contributed by atoms with van der Waals surface area (Å²) in [7, 11) is 2.05. The van der Waals surface area contributed by atoms with Gasteiger partial charge in [-0.1, -0.05) is 0 Å². The Labute approximate surface area is 112 Å². The van der Waals surface area contributed by atoms with Gasteiger partial charge in [0.2, 0.25) is 5.91 Å². The second-order valence-corrected chi connectivity index (χ2v) is 6.93. The Bertz CT molecular complexity index is 400. The summed E-state index contributed by atoms with van der Waals surface area (Å²) < 4.78 is 0. The van der Waals surface area contributed by atoms with Crippen molar-refractivity contribution in [3.8, 4) is 0 Å². The second kappa shape index (κ2) is 4.23. The van der Waals surface area contributed by atoms with Crippen molar-refractivity contribution in [1.82, 2.24) is 9.80 Å². The average Bonchev–Trinajstić information content (AvgIpc) is 2.90. The number of Topliss-reactive ketones (excluding diaryl/α,β-unsaturated/α-hetero) is 1. The van der Waals surface area contributed by atoms with Crippen molar-refractivity contribution in [2.45, 2.75) is 49.6 Å². The minimum Gasteiger partial charge on any atom is -0.318 e. The van der Waals surface area contributed by atoms with E-state index in [4.69, 9.17) is 0 Å². The molecule has 1 amide bonds. The summed E-state index contributed by atoms with van der Waals surface area (Å²) in [6.45, 7) is 2.61. The van der Waals surface area contributed by atoms with Gasteiger partial charge in [-0.15, -0.1) is 11.8 Å². The summed E-state index contributed by atoms with van der Waals surface area (Å²) in [6, 6.07) is -0.182. The largest absolute Gasteiger partial charge is 0.318 e. The summed E-state index contributed by atoms with van der Waals surface area (Å²) in [5.41, 5.74) is -0.297. The van der Waals surface area contributed by atoms with Crippen LogP contribution >= 0.6 is 11.8 Å². The van der Waals surface area contributed by atoms with E-state index in [1.165, 1.54) is 0 Å². The van der Waals surface area contributed by atoms with Gasteiger partial charge in [0.1, 0.15) is 11.6 Å². The van der Waals surface area contributed by atoms with Crippen LogP contribution in [-0.2, 0) is 9.59 Å². The molecule has 100 valence electrons. The molecule has 3 atom stereocenters. The van der Waals surface area contributed by atoms with Gasteiger partial charge >= 0.3 is 0 Å². The maximum Gasteiger partial charge on any atom is 0.244 e. The van der Waals surface area contributed by atoms with E-state index in [-0.39, 0.29) is 28.6 Å². The average molecular weight is 268 g/mol. The molecule has 0 saturated carbocycles. The van der Waals surface area contributed by atoms with Crippen molar-refractivity contribution in [2.75, 3.05) is 19.3 Å². The molecule has 3 heterocycles. The lowest BCUT2D eigenvalue weighted by Gasteiger charge is -2.45. The van der Waals surface area contributed by atoms with Crippen molar-refractivity contribution in [3.63, 3.8) is 0 Å². The van der Waals surface area contributed by atoms with Gasteiger partial charge < -0.3 is 4.90 Å². The lowest BCUT2D eigenvalue weighted by atomic mass is 9.84. The molecule has 5 heteroatoms. The molecule has 18 heavy (non-hydrogen) atoms. The van der Waals surface area contributed by atoms with Gasteiger partial charge in [0, 0.05) is 5.75 Å². The van der Waals surface area contributed by atoms with E-state index < -0.39 is 0 Å². The second-order valence-electron chi connectivity index (χ2n) is 5.72. The van der Waals surface area contributed by atoms with E-state index in [1.54, 1.807) is 18.7 Å². The number of piperidine rings is 1. The lowest BCUT2D eigenvalue weighted by Crippen LogP contribution is -2.62. The summed E-state index contributed by atoms with van der Waals surface area (Å²) in [6.07, 6.45) is 4.05. The number of hydrogen-bond donors (Lipinski definition) is 0. The van der Waals surface area contributed by atoms with Gasteiger partial charge in [-0.25, -0.2) is 0 Å². The molecule has 0 aromatic rings. The van der Waals surface area contributed by atoms with E-state index in [1.807, 2.05) is 4.90 Å². The zero-order valence-electron chi connectivity index (χ0n) is 11.0. The Morgan fingerprint density at radius 3 is 2.83 bits per heavy atom. The summed E-state index contributed by atoms with van der Waals surface area (Å²) in [4.78, 5) is 28.7. The number of amides is 1. The molecule has 0 aromatic heterocycles. The third-order valence-corrected chi connectivity index (χ3v) is 6.17. The molecule has 0 radical (unpaired) electrons. The van der Waals surface area contributed by atoms with Crippen molar-refractivity contribution < 1.29 is 9.59 Å². The van der Waals surface area contributed by atoms with Gasteiger partial charge in [0.25, 0.3) is 0 Å². The minimum atomic E-state index is -0.297. The molecular weight excluding hydrogens is 248 g/mol. The van der Waals surface area contributed by atoms with Crippen LogP contribution in [0.4, 0.5) is 0 Å². The van der Waals surface area contributed by atoms with Crippen LogP contribution in [0.2, 0.25) is 0 Å². The Balaban J connectivity index is 1.92. The van der Waals surface area contributed by atoms with E-state index in [0.717, 1.165) is 38.0 Å². The Hall–Kier alpha value is -0.550. The highest BCUT2D eigenvalue weighted by Crippen LogP contribution is 2.45.